The van der Waals surface area contributed by atoms with Crippen molar-refractivity contribution >= 4 is 79.9 Å². The van der Waals surface area contributed by atoms with E-state index in [1.807, 2.05) is 40.7 Å². The highest BCUT2D eigenvalue weighted by molar-refractivity contribution is 7.20. The molecule has 1 atom stereocenters. The smallest absolute Gasteiger partial charge is 0.207 e. The lowest BCUT2D eigenvalue weighted by Crippen LogP contribution is -2.19. The number of nitrogens with zero attached hydrogens (tertiary/aromatic N) is 4. The van der Waals surface area contributed by atoms with Gasteiger partial charge >= 0.3 is 0 Å². The topological polar surface area (TPSA) is 57.2 Å². The van der Waals surface area contributed by atoms with Gasteiger partial charge in [0, 0.05) is 34.4 Å². The van der Waals surface area contributed by atoms with Gasteiger partial charge in [0.25, 0.3) is 0 Å². The van der Waals surface area contributed by atoms with Crippen LogP contribution in [0.5, 0.6) is 0 Å². The molecule has 0 spiro atoms. The zero-order valence-electron chi connectivity index (χ0n) is 18.0. The average Bonchev–Trinajstić information content (AvgIpc) is 3.58. The van der Waals surface area contributed by atoms with E-state index in [1.165, 1.54) is 22.7 Å². The Bertz CT molecular complexity index is 1340. The van der Waals surface area contributed by atoms with Crippen LogP contribution in [0.1, 0.15) is 49.3 Å². The number of nitrogens with one attached hydrogen (secondary N) is 1. The third-order valence-corrected chi connectivity index (χ3v) is 8.40. The van der Waals surface area contributed by atoms with Crippen LogP contribution in [-0.4, -0.2) is 20.7 Å². The molecule has 5 nitrogen and oxygen atoms in total. The first-order valence-corrected chi connectivity index (χ1v) is 13.9. The van der Waals surface area contributed by atoms with Gasteiger partial charge in [0.15, 0.2) is 5.15 Å². The number of halogens is 4. The third-order valence-electron chi connectivity index (χ3n) is 5.54. The van der Waals surface area contributed by atoms with E-state index in [9.17, 15) is 0 Å². The van der Waals surface area contributed by atoms with Crippen LogP contribution < -0.4 is 5.01 Å². The Morgan fingerprint density at radius 3 is 2.62 bits per heavy atom. The molecule has 1 aliphatic heterocycles. The number of H-pyrrole nitrogens is 1. The summed E-state index contributed by atoms with van der Waals surface area (Å²) >= 11 is 28.2. The van der Waals surface area contributed by atoms with Crippen LogP contribution in [0.2, 0.25) is 18.8 Å². The van der Waals surface area contributed by atoms with Crippen molar-refractivity contribution in [1.82, 2.24) is 15.0 Å². The van der Waals surface area contributed by atoms with E-state index in [-0.39, 0.29) is 6.04 Å². The molecule has 4 aromatic rings. The number of aryl methyl sites for hydroxylation is 1. The molecule has 34 heavy (non-hydrogen) atoms. The maximum atomic E-state index is 6.61. The van der Waals surface area contributed by atoms with Gasteiger partial charge in [-0.15, -0.1) is 22.7 Å². The second-order valence-corrected chi connectivity index (χ2v) is 11.8. The van der Waals surface area contributed by atoms with Crippen LogP contribution in [0, 0.1) is 0 Å². The maximum absolute atomic E-state index is 6.61. The first kappa shape index (κ1) is 24.1. The number of rotatable bonds is 7. The highest BCUT2D eigenvalue weighted by Crippen LogP contribution is 2.43. The Hall–Kier alpha value is -1.61. The number of aromatic amines is 1. The standard InChI is InChI=1S/C23H19Cl4N5S2/c1-2-3-4-19-29-20(21(26)30-19)17-10-15(14-9-18(25)34-22(14)27)31-32(17)23-28-16(11-33-23)12-5-7-13(24)8-6-12/h5-9,11,17H,2-4,10H2,1H3,(H,29,30). The molecule has 3 aromatic heterocycles. The largest absolute Gasteiger partial charge is 0.343 e. The number of anilines is 1. The molecule has 1 aromatic carbocycles. The van der Waals surface area contributed by atoms with E-state index in [4.69, 9.17) is 56.5 Å². The summed E-state index contributed by atoms with van der Waals surface area (Å²) in [6.07, 6.45) is 3.57. The number of thiazole rings is 1. The van der Waals surface area contributed by atoms with Crippen LogP contribution in [0.4, 0.5) is 5.13 Å². The van der Waals surface area contributed by atoms with Crippen LogP contribution in [0.3, 0.4) is 0 Å². The normalized spacial score (nSPS) is 15.9. The van der Waals surface area contributed by atoms with E-state index in [1.54, 1.807) is 0 Å². The minimum absolute atomic E-state index is 0.190. The lowest BCUT2D eigenvalue weighted by Gasteiger charge is -2.20. The summed E-state index contributed by atoms with van der Waals surface area (Å²) in [5.74, 6) is 0.882. The Balaban J connectivity index is 1.53. The summed E-state index contributed by atoms with van der Waals surface area (Å²) in [5.41, 5.74) is 4.34. The van der Waals surface area contributed by atoms with Gasteiger partial charge < -0.3 is 4.98 Å². The average molecular weight is 571 g/mol. The van der Waals surface area contributed by atoms with Crippen molar-refractivity contribution in [3.63, 3.8) is 0 Å². The fourth-order valence-electron chi connectivity index (χ4n) is 3.83. The second kappa shape index (κ2) is 10.2. The first-order chi connectivity index (χ1) is 16.4. The van der Waals surface area contributed by atoms with Crippen LogP contribution in [0.25, 0.3) is 11.3 Å². The molecule has 0 aliphatic carbocycles. The summed E-state index contributed by atoms with van der Waals surface area (Å²) in [4.78, 5) is 12.9. The summed E-state index contributed by atoms with van der Waals surface area (Å²) in [6.45, 7) is 2.15. The predicted molar refractivity (Wildman–Crippen MR) is 145 cm³/mol. The molecule has 1 unspecified atom stereocenters. The molecule has 176 valence electrons. The Morgan fingerprint density at radius 2 is 1.91 bits per heavy atom. The Labute approximate surface area is 225 Å². The molecular formula is C23H19Cl4N5S2. The molecule has 0 saturated heterocycles. The molecular weight excluding hydrogens is 552 g/mol. The minimum atomic E-state index is -0.190. The molecule has 1 N–H and O–H groups in total. The SMILES string of the molecule is CCCCc1nc(Cl)c(C2CC(c3cc(Cl)sc3Cl)=NN2c2nc(-c3ccc(Cl)cc3)cs2)[nH]1. The molecule has 0 radical (unpaired) electrons. The lowest BCUT2D eigenvalue weighted by atomic mass is 10.0. The van der Waals surface area contributed by atoms with Crippen LogP contribution in [0.15, 0.2) is 40.8 Å². The Kier molecular flexibility index (Phi) is 7.21. The maximum Gasteiger partial charge on any atom is 0.207 e. The number of hydrogen-bond acceptors (Lipinski definition) is 6. The zero-order valence-corrected chi connectivity index (χ0v) is 22.6. The van der Waals surface area contributed by atoms with Crippen LogP contribution >= 0.6 is 69.1 Å². The van der Waals surface area contributed by atoms with E-state index >= 15 is 0 Å². The van der Waals surface area contributed by atoms with Gasteiger partial charge in [0.05, 0.1) is 21.4 Å². The molecule has 4 heterocycles. The van der Waals surface area contributed by atoms with Crippen molar-refractivity contribution < 1.29 is 0 Å². The van der Waals surface area contributed by atoms with Crippen molar-refractivity contribution in [3.8, 4) is 11.3 Å². The van der Waals surface area contributed by atoms with Gasteiger partial charge in [-0.3, -0.25) is 0 Å². The number of benzene rings is 1. The van der Waals surface area contributed by atoms with E-state index < -0.39 is 0 Å². The second-order valence-electron chi connectivity index (χ2n) is 7.86. The molecule has 0 bridgehead atoms. The summed E-state index contributed by atoms with van der Waals surface area (Å²) < 4.78 is 1.24. The molecule has 11 heteroatoms. The van der Waals surface area contributed by atoms with Crippen molar-refractivity contribution in [3.05, 3.63) is 71.6 Å². The van der Waals surface area contributed by atoms with Gasteiger partial charge in [-0.05, 0) is 24.6 Å². The number of unbranched alkanes of at least 4 members (excludes halogenated alkanes) is 1. The van der Waals surface area contributed by atoms with Gasteiger partial charge in [-0.2, -0.15) is 5.10 Å². The fraction of sp³-hybridized carbons (Fsp3) is 0.261. The number of imidazole rings is 1. The first-order valence-electron chi connectivity index (χ1n) is 10.7. The Morgan fingerprint density at radius 1 is 1.12 bits per heavy atom. The highest BCUT2D eigenvalue weighted by atomic mass is 35.5. The molecule has 0 fully saturated rings. The lowest BCUT2D eigenvalue weighted by molar-refractivity contribution is 0.682. The summed E-state index contributed by atoms with van der Waals surface area (Å²) in [6, 6.07) is 9.29. The molecule has 5 rings (SSSR count). The molecule has 0 saturated carbocycles. The highest BCUT2D eigenvalue weighted by Gasteiger charge is 2.36. The van der Waals surface area contributed by atoms with E-state index in [0.717, 1.165) is 58.4 Å². The van der Waals surface area contributed by atoms with E-state index in [2.05, 4.69) is 16.9 Å². The molecule has 1 aliphatic rings. The fourth-order valence-corrected chi connectivity index (χ4v) is 6.57. The number of hydrogen-bond donors (Lipinski definition) is 1. The summed E-state index contributed by atoms with van der Waals surface area (Å²) in [5, 5.41) is 10.7. The van der Waals surface area contributed by atoms with Gasteiger partial charge in [0.1, 0.15) is 16.2 Å². The number of thiophene rings is 1. The predicted octanol–water partition coefficient (Wildman–Crippen LogP) is 8.91. The van der Waals surface area contributed by atoms with E-state index in [0.29, 0.717) is 25.3 Å². The molecule has 0 amide bonds. The minimum Gasteiger partial charge on any atom is -0.343 e. The monoisotopic (exact) mass is 569 g/mol. The van der Waals surface area contributed by atoms with Crippen molar-refractivity contribution in [2.45, 2.75) is 38.6 Å². The third kappa shape index (κ3) is 4.87. The van der Waals surface area contributed by atoms with Gasteiger partial charge in [-0.25, -0.2) is 15.0 Å². The van der Waals surface area contributed by atoms with Crippen LogP contribution in [-0.2, 0) is 6.42 Å². The summed E-state index contributed by atoms with van der Waals surface area (Å²) in [7, 11) is 0. The van der Waals surface area contributed by atoms with Crippen molar-refractivity contribution in [2.24, 2.45) is 5.10 Å². The van der Waals surface area contributed by atoms with Gasteiger partial charge in [0.2, 0.25) is 5.13 Å². The van der Waals surface area contributed by atoms with Crippen molar-refractivity contribution in [2.75, 3.05) is 5.01 Å². The number of hydrazone groups is 1. The van der Waals surface area contributed by atoms with Gasteiger partial charge in [-0.1, -0.05) is 71.9 Å². The zero-order chi connectivity index (χ0) is 23.8. The number of aromatic nitrogens is 3. The van der Waals surface area contributed by atoms with Crippen molar-refractivity contribution in [1.29, 1.82) is 0 Å². The quantitative estimate of drug-likeness (QED) is 0.241.